The molecule has 0 saturated heterocycles. The van der Waals surface area contributed by atoms with Crippen molar-refractivity contribution in [1.29, 1.82) is 0 Å². The maximum atomic E-state index is 12.5. The minimum Gasteiger partial charge on any atom is -0.348 e. The number of halogens is 3. The van der Waals surface area contributed by atoms with E-state index in [4.69, 9.17) is 0 Å². The van der Waals surface area contributed by atoms with Crippen LogP contribution in [0, 0.1) is 11.8 Å². The number of rotatable bonds is 15. The van der Waals surface area contributed by atoms with E-state index in [2.05, 4.69) is 16.0 Å². The molecule has 0 radical (unpaired) electrons. The molecule has 0 bridgehead atoms. The average molecular weight is 481 g/mol. The summed E-state index contributed by atoms with van der Waals surface area (Å²) in [5.74, 6) is -3.36. The van der Waals surface area contributed by atoms with Gasteiger partial charge in [0.25, 0.3) is 0 Å². The Bertz CT molecular complexity index is 654. The van der Waals surface area contributed by atoms with E-state index in [1.54, 1.807) is 19.2 Å². The van der Waals surface area contributed by atoms with E-state index in [0.717, 1.165) is 6.42 Å². The standard InChI is InChI=1S/C22H39F3N4O4/c1-7-15(6)18(28-14(4)5)20(32)27-12-17(30)29-16(19(31)13(2)3)10-8-9-11-26-21(33)22(23,24)25/h13-16,18,28H,7-12H2,1-6H3,(H,26,33)(H,27,32)(H,29,30)/t15?,16-,18-/m0/s1. The maximum Gasteiger partial charge on any atom is 0.471 e. The number of carbonyl (C=O) groups excluding carboxylic acids is 4. The lowest BCUT2D eigenvalue weighted by Gasteiger charge is -2.26. The lowest BCUT2D eigenvalue weighted by molar-refractivity contribution is -0.173. The first-order valence-corrected chi connectivity index (χ1v) is 11.4. The van der Waals surface area contributed by atoms with Crippen LogP contribution in [0.3, 0.4) is 0 Å². The van der Waals surface area contributed by atoms with Gasteiger partial charge in [0.05, 0.1) is 18.6 Å². The second-order valence-electron chi connectivity index (χ2n) is 8.83. The van der Waals surface area contributed by atoms with Crippen LogP contribution in [0.2, 0.25) is 0 Å². The molecule has 8 nitrogen and oxygen atoms in total. The molecule has 3 amide bonds. The number of Topliss-reactive ketones (excluding diaryl/α,β-unsaturated/α-hetero) is 1. The van der Waals surface area contributed by atoms with Gasteiger partial charge in [0.15, 0.2) is 5.78 Å². The Labute approximate surface area is 194 Å². The highest BCUT2D eigenvalue weighted by molar-refractivity contribution is 5.92. The Morgan fingerprint density at radius 1 is 0.909 bits per heavy atom. The molecule has 0 heterocycles. The number of hydrogen-bond acceptors (Lipinski definition) is 5. The molecule has 0 aromatic heterocycles. The Kier molecular flexibility index (Phi) is 13.9. The summed E-state index contributed by atoms with van der Waals surface area (Å²) in [4.78, 5) is 48.2. The number of alkyl halides is 3. The van der Waals surface area contributed by atoms with Gasteiger partial charge in [-0.1, -0.05) is 48.0 Å². The van der Waals surface area contributed by atoms with E-state index < -0.39 is 30.1 Å². The Morgan fingerprint density at radius 3 is 2.00 bits per heavy atom. The molecule has 33 heavy (non-hydrogen) atoms. The van der Waals surface area contributed by atoms with Gasteiger partial charge in [-0.15, -0.1) is 0 Å². The third-order valence-corrected chi connectivity index (χ3v) is 5.14. The zero-order chi connectivity index (χ0) is 25.8. The number of hydrogen-bond donors (Lipinski definition) is 4. The minimum atomic E-state index is -4.94. The van der Waals surface area contributed by atoms with E-state index in [0.29, 0.717) is 6.42 Å². The Morgan fingerprint density at radius 2 is 1.52 bits per heavy atom. The summed E-state index contributed by atoms with van der Waals surface area (Å²) in [7, 11) is 0. The predicted molar refractivity (Wildman–Crippen MR) is 119 cm³/mol. The van der Waals surface area contributed by atoms with E-state index in [1.165, 1.54) is 0 Å². The molecular weight excluding hydrogens is 441 g/mol. The van der Waals surface area contributed by atoms with Gasteiger partial charge in [-0.2, -0.15) is 13.2 Å². The number of nitrogens with one attached hydrogen (secondary N) is 4. The van der Waals surface area contributed by atoms with Crippen molar-refractivity contribution >= 4 is 23.5 Å². The Hall–Kier alpha value is -2.17. The van der Waals surface area contributed by atoms with Crippen molar-refractivity contribution in [3.05, 3.63) is 0 Å². The summed E-state index contributed by atoms with van der Waals surface area (Å²) in [6.07, 6.45) is -3.41. The van der Waals surface area contributed by atoms with Gasteiger partial charge in [0, 0.05) is 18.5 Å². The molecule has 0 aliphatic carbocycles. The van der Waals surface area contributed by atoms with Crippen LogP contribution in [0.4, 0.5) is 13.2 Å². The number of ketones is 1. The monoisotopic (exact) mass is 480 g/mol. The van der Waals surface area contributed by atoms with Crippen LogP contribution in [0.15, 0.2) is 0 Å². The number of amides is 3. The van der Waals surface area contributed by atoms with E-state index in [1.807, 2.05) is 27.7 Å². The van der Waals surface area contributed by atoms with Crippen LogP contribution in [-0.2, 0) is 19.2 Å². The normalized spacial score (nSPS) is 14.5. The molecule has 0 rings (SSSR count). The molecule has 0 aromatic carbocycles. The van der Waals surface area contributed by atoms with Gasteiger partial charge in [0.2, 0.25) is 11.8 Å². The molecule has 4 N–H and O–H groups in total. The Balaban J connectivity index is 4.75. The molecule has 11 heteroatoms. The summed E-state index contributed by atoms with van der Waals surface area (Å²) in [5, 5.41) is 10.2. The van der Waals surface area contributed by atoms with Crippen molar-refractivity contribution in [2.75, 3.05) is 13.1 Å². The van der Waals surface area contributed by atoms with Gasteiger partial charge in [0.1, 0.15) is 0 Å². The van der Waals surface area contributed by atoms with Crippen LogP contribution < -0.4 is 21.3 Å². The van der Waals surface area contributed by atoms with Gasteiger partial charge in [-0.3, -0.25) is 19.2 Å². The lowest BCUT2D eigenvalue weighted by Crippen LogP contribution is -2.53. The third kappa shape index (κ3) is 12.6. The number of unbranched alkanes of at least 4 members (excludes halogenated alkanes) is 1. The first kappa shape index (κ1) is 30.8. The quantitative estimate of drug-likeness (QED) is 0.268. The van der Waals surface area contributed by atoms with Gasteiger partial charge in [-0.05, 0) is 25.2 Å². The summed E-state index contributed by atoms with van der Waals surface area (Å²) >= 11 is 0. The lowest BCUT2D eigenvalue weighted by atomic mass is 9.97. The van der Waals surface area contributed by atoms with Crippen molar-refractivity contribution in [1.82, 2.24) is 21.3 Å². The molecule has 192 valence electrons. The summed E-state index contributed by atoms with van der Waals surface area (Å²) in [5.41, 5.74) is 0. The SMILES string of the molecule is CCC(C)[C@H](NC(C)C)C(=O)NCC(=O)N[C@@H](CCCCNC(=O)C(F)(F)F)C(=O)C(C)C. The topological polar surface area (TPSA) is 116 Å². The van der Waals surface area contributed by atoms with E-state index >= 15 is 0 Å². The highest BCUT2D eigenvalue weighted by Gasteiger charge is 2.38. The van der Waals surface area contributed by atoms with Crippen molar-refractivity contribution in [2.24, 2.45) is 11.8 Å². The largest absolute Gasteiger partial charge is 0.471 e. The van der Waals surface area contributed by atoms with Crippen LogP contribution in [0.5, 0.6) is 0 Å². The first-order valence-electron chi connectivity index (χ1n) is 11.4. The molecule has 3 atom stereocenters. The van der Waals surface area contributed by atoms with Gasteiger partial charge >= 0.3 is 12.1 Å². The fraction of sp³-hybridized carbons (Fsp3) is 0.818. The molecule has 0 fully saturated rings. The molecular formula is C22H39F3N4O4. The van der Waals surface area contributed by atoms with Crippen LogP contribution in [0.1, 0.15) is 67.2 Å². The molecule has 0 aliphatic rings. The first-order chi connectivity index (χ1) is 15.2. The summed E-state index contributed by atoms with van der Waals surface area (Å²) in [6.45, 7) is 10.6. The zero-order valence-corrected chi connectivity index (χ0v) is 20.4. The molecule has 0 saturated carbocycles. The third-order valence-electron chi connectivity index (χ3n) is 5.14. The second kappa shape index (κ2) is 14.9. The molecule has 1 unspecified atom stereocenters. The van der Waals surface area contributed by atoms with Crippen LogP contribution in [-0.4, -0.2) is 60.9 Å². The summed E-state index contributed by atoms with van der Waals surface area (Å²) < 4.78 is 36.6. The molecule has 0 aliphatic heterocycles. The van der Waals surface area contributed by atoms with Crippen molar-refractivity contribution in [3.63, 3.8) is 0 Å². The smallest absolute Gasteiger partial charge is 0.348 e. The fourth-order valence-corrected chi connectivity index (χ4v) is 3.08. The maximum absolute atomic E-state index is 12.5. The number of carbonyl (C=O) groups is 4. The van der Waals surface area contributed by atoms with Crippen LogP contribution in [0.25, 0.3) is 0 Å². The minimum absolute atomic E-state index is 0.0589. The predicted octanol–water partition coefficient (Wildman–Crippen LogP) is 2.07. The zero-order valence-electron chi connectivity index (χ0n) is 20.4. The molecule has 0 spiro atoms. The van der Waals surface area contributed by atoms with Crippen molar-refractivity contribution < 1.29 is 32.3 Å². The van der Waals surface area contributed by atoms with E-state index in [9.17, 15) is 32.3 Å². The van der Waals surface area contributed by atoms with Gasteiger partial charge < -0.3 is 21.3 Å². The highest BCUT2D eigenvalue weighted by atomic mass is 19.4. The highest BCUT2D eigenvalue weighted by Crippen LogP contribution is 2.14. The van der Waals surface area contributed by atoms with Crippen molar-refractivity contribution in [3.8, 4) is 0 Å². The second-order valence-corrected chi connectivity index (χ2v) is 8.83. The van der Waals surface area contributed by atoms with E-state index in [-0.39, 0.29) is 55.5 Å². The molecule has 0 aromatic rings. The van der Waals surface area contributed by atoms with Crippen molar-refractivity contribution in [2.45, 2.75) is 91.5 Å². The van der Waals surface area contributed by atoms with Crippen LogP contribution >= 0.6 is 0 Å². The average Bonchev–Trinajstić information content (AvgIpc) is 2.72. The van der Waals surface area contributed by atoms with Gasteiger partial charge in [-0.25, -0.2) is 0 Å². The summed E-state index contributed by atoms with van der Waals surface area (Å²) in [6, 6.07) is -1.20. The fourth-order valence-electron chi connectivity index (χ4n) is 3.08.